The summed E-state index contributed by atoms with van der Waals surface area (Å²) in [5, 5.41) is 2.65. The van der Waals surface area contributed by atoms with E-state index in [4.69, 9.17) is 0 Å². The van der Waals surface area contributed by atoms with Crippen molar-refractivity contribution in [3.63, 3.8) is 0 Å². The zero-order valence-corrected chi connectivity index (χ0v) is 13.0. The molecule has 0 aliphatic carbocycles. The van der Waals surface area contributed by atoms with Crippen LogP contribution in [-0.4, -0.2) is 14.5 Å². The maximum atomic E-state index is 13.4. The summed E-state index contributed by atoms with van der Waals surface area (Å²) in [6.07, 6.45) is 1.53. The van der Waals surface area contributed by atoms with Gasteiger partial charge in [0.05, 0.1) is 29.6 Å². The van der Waals surface area contributed by atoms with Crippen LogP contribution in [0.5, 0.6) is 0 Å². The molecule has 0 N–H and O–H groups in total. The second-order valence-electron chi connectivity index (χ2n) is 5.28. The van der Waals surface area contributed by atoms with Gasteiger partial charge in [0.2, 0.25) is 0 Å². The molecule has 7 heteroatoms. The second kappa shape index (κ2) is 5.76. The van der Waals surface area contributed by atoms with E-state index in [9.17, 15) is 13.2 Å². The largest absolute Gasteiger partial charge is 0.324 e. The van der Waals surface area contributed by atoms with Crippen molar-refractivity contribution in [3.05, 3.63) is 71.3 Å². The van der Waals surface area contributed by atoms with E-state index in [0.29, 0.717) is 17.6 Å². The molecule has 0 saturated carbocycles. The van der Waals surface area contributed by atoms with Gasteiger partial charge in [0.25, 0.3) is 0 Å². The monoisotopic (exact) mass is 345 g/mol. The molecule has 0 fully saturated rings. The quantitative estimate of drug-likeness (QED) is 0.542. The highest BCUT2D eigenvalue weighted by Crippen LogP contribution is 2.25. The minimum Gasteiger partial charge on any atom is -0.324 e. The van der Waals surface area contributed by atoms with Crippen LogP contribution in [0.4, 0.5) is 13.2 Å². The fourth-order valence-electron chi connectivity index (χ4n) is 2.46. The molecule has 4 rings (SSSR count). The summed E-state index contributed by atoms with van der Waals surface area (Å²) >= 11 is 1.44. The van der Waals surface area contributed by atoms with Crippen molar-refractivity contribution in [2.75, 3.05) is 0 Å². The van der Waals surface area contributed by atoms with Crippen LogP contribution in [0.3, 0.4) is 0 Å². The first-order chi connectivity index (χ1) is 11.6. The van der Waals surface area contributed by atoms with Gasteiger partial charge in [0, 0.05) is 23.1 Å². The van der Waals surface area contributed by atoms with Crippen LogP contribution in [-0.2, 0) is 6.54 Å². The van der Waals surface area contributed by atoms with Gasteiger partial charge in [-0.15, -0.1) is 11.3 Å². The summed E-state index contributed by atoms with van der Waals surface area (Å²) in [5.74, 6) is -2.12. The molecule has 0 radical (unpaired) electrons. The Labute approximate surface area is 139 Å². The number of aromatic nitrogens is 3. The Kier molecular flexibility index (Phi) is 3.57. The van der Waals surface area contributed by atoms with Gasteiger partial charge in [-0.3, -0.25) is 0 Å². The Hall–Kier alpha value is -2.67. The lowest BCUT2D eigenvalue weighted by Crippen LogP contribution is -1.99. The number of benzene rings is 2. The van der Waals surface area contributed by atoms with Gasteiger partial charge in [0.15, 0.2) is 11.6 Å². The number of thiazole rings is 1. The lowest BCUT2D eigenvalue weighted by molar-refractivity contribution is 0.510. The summed E-state index contributed by atoms with van der Waals surface area (Å²) in [6.45, 7) is 0.388. The Morgan fingerprint density at radius 1 is 1.00 bits per heavy atom. The number of rotatable bonds is 3. The summed E-state index contributed by atoms with van der Waals surface area (Å²) < 4.78 is 41.4. The molecule has 24 heavy (non-hydrogen) atoms. The predicted octanol–water partition coefficient (Wildman–Crippen LogP) is 4.63. The number of fused-ring (bicyclic) bond motifs is 1. The SMILES string of the molecule is Fc1ccc(-c2nc(Cn3cnc4cc(F)c(F)cc43)cs2)cc1. The van der Waals surface area contributed by atoms with E-state index < -0.39 is 11.6 Å². The highest BCUT2D eigenvalue weighted by molar-refractivity contribution is 7.13. The molecule has 4 aromatic rings. The minimum atomic E-state index is -0.917. The lowest BCUT2D eigenvalue weighted by atomic mass is 10.2. The molecule has 0 atom stereocenters. The van der Waals surface area contributed by atoms with Crippen LogP contribution in [0.15, 0.2) is 48.1 Å². The fourth-order valence-corrected chi connectivity index (χ4v) is 3.28. The van der Waals surface area contributed by atoms with Crippen LogP contribution in [0, 0.1) is 17.5 Å². The van der Waals surface area contributed by atoms with Crippen molar-refractivity contribution < 1.29 is 13.2 Å². The number of nitrogens with zero attached hydrogens (tertiary/aromatic N) is 3. The van der Waals surface area contributed by atoms with Gasteiger partial charge >= 0.3 is 0 Å². The van der Waals surface area contributed by atoms with E-state index in [2.05, 4.69) is 9.97 Å². The third-order valence-corrected chi connectivity index (χ3v) is 4.58. The van der Waals surface area contributed by atoms with Crippen molar-refractivity contribution in [1.29, 1.82) is 0 Å². The third kappa shape index (κ3) is 2.67. The number of hydrogen-bond donors (Lipinski definition) is 0. The molecule has 0 saturated heterocycles. The van der Waals surface area contributed by atoms with Gasteiger partial charge in [-0.1, -0.05) is 0 Å². The Morgan fingerprint density at radius 3 is 2.54 bits per heavy atom. The van der Waals surface area contributed by atoms with Crippen molar-refractivity contribution in [3.8, 4) is 10.6 Å². The first-order valence-electron chi connectivity index (χ1n) is 7.10. The van der Waals surface area contributed by atoms with Gasteiger partial charge in [-0.05, 0) is 24.3 Å². The molecule has 0 unspecified atom stereocenters. The van der Waals surface area contributed by atoms with E-state index in [1.54, 1.807) is 16.7 Å². The molecule has 0 bridgehead atoms. The van der Waals surface area contributed by atoms with Gasteiger partial charge in [-0.25, -0.2) is 23.1 Å². The number of imidazole rings is 1. The fraction of sp³-hybridized carbons (Fsp3) is 0.0588. The molecule has 2 heterocycles. The van der Waals surface area contributed by atoms with Crippen LogP contribution >= 0.6 is 11.3 Å². The average molecular weight is 345 g/mol. The summed E-state index contributed by atoms with van der Waals surface area (Å²) in [7, 11) is 0. The topological polar surface area (TPSA) is 30.7 Å². The molecular formula is C17H10F3N3S. The maximum absolute atomic E-state index is 13.4. The lowest BCUT2D eigenvalue weighted by Gasteiger charge is -2.02. The molecule has 0 spiro atoms. The van der Waals surface area contributed by atoms with E-state index in [-0.39, 0.29) is 5.82 Å². The van der Waals surface area contributed by atoms with Crippen LogP contribution < -0.4 is 0 Å². The predicted molar refractivity (Wildman–Crippen MR) is 86.3 cm³/mol. The van der Waals surface area contributed by atoms with E-state index in [0.717, 1.165) is 28.4 Å². The average Bonchev–Trinajstić information content (AvgIpc) is 3.17. The third-order valence-electron chi connectivity index (χ3n) is 3.64. The highest BCUT2D eigenvalue weighted by atomic mass is 32.1. The Morgan fingerprint density at radius 2 is 1.75 bits per heavy atom. The molecule has 2 aromatic heterocycles. The minimum absolute atomic E-state index is 0.297. The Bertz CT molecular complexity index is 1020. The molecule has 120 valence electrons. The van der Waals surface area contributed by atoms with Gasteiger partial charge < -0.3 is 4.57 Å². The molecule has 0 aliphatic heterocycles. The zero-order chi connectivity index (χ0) is 16.7. The zero-order valence-electron chi connectivity index (χ0n) is 12.2. The second-order valence-corrected chi connectivity index (χ2v) is 6.14. The van der Waals surface area contributed by atoms with E-state index in [1.165, 1.54) is 29.8 Å². The highest BCUT2D eigenvalue weighted by Gasteiger charge is 2.11. The van der Waals surface area contributed by atoms with Crippen molar-refractivity contribution in [2.45, 2.75) is 6.54 Å². The Balaban J connectivity index is 1.64. The van der Waals surface area contributed by atoms with Gasteiger partial charge in [0.1, 0.15) is 10.8 Å². The van der Waals surface area contributed by atoms with Crippen molar-refractivity contribution >= 4 is 22.4 Å². The molecule has 3 nitrogen and oxygen atoms in total. The first kappa shape index (κ1) is 14.9. The molecule has 0 amide bonds. The number of hydrogen-bond acceptors (Lipinski definition) is 3. The van der Waals surface area contributed by atoms with Crippen LogP contribution in [0.2, 0.25) is 0 Å². The maximum Gasteiger partial charge on any atom is 0.161 e. The van der Waals surface area contributed by atoms with Crippen LogP contribution in [0.1, 0.15) is 5.69 Å². The van der Waals surface area contributed by atoms with E-state index >= 15 is 0 Å². The summed E-state index contributed by atoms with van der Waals surface area (Å²) in [5.41, 5.74) is 2.49. The first-order valence-corrected chi connectivity index (χ1v) is 7.98. The molecular weight excluding hydrogens is 335 g/mol. The normalized spacial score (nSPS) is 11.3. The van der Waals surface area contributed by atoms with Crippen molar-refractivity contribution in [1.82, 2.24) is 14.5 Å². The van der Waals surface area contributed by atoms with Gasteiger partial charge in [-0.2, -0.15) is 0 Å². The standard InChI is InChI=1S/C17H10F3N3S/c18-11-3-1-10(2-4-11)17-22-12(8-24-17)7-23-9-21-15-5-13(19)14(20)6-16(15)23/h1-6,8-9H,7H2. The summed E-state index contributed by atoms with van der Waals surface area (Å²) in [4.78, 5) is 8.59. The van der Waals surface area contributed by atoms with Crippen molar-refractivity contribution in [2.24, 2.45) is 0 Å². The van der Waals surface area contributed by atoms with E-state index in [1.807, 2.05) is 5.38 Å². The smallest absolute Gasteiger partial charge is 0.161 e. The number of halogens is 3. The molecule has 2 aromatic carbocycles. The molecule has 0 aliphatic rings. The summed E-state index contributed by atoms with van der Waals surface area (Å²) in [6, 6.07) is 8.32. The van der Waals surface area contributed by atoms with Crippen LogP contribution in [0.25, 0.3) is 21.6 Å².